The molecule has 0 aliphatic rings. The topological polar surface area (TPSA) is 35.5 Å². The van der Waals surface area contributed by atoms with Crippen molar-refractivity contribution in [1.29, 1.82) is 0 Å². The van der Waals surface area contributed by atoms with Gasteiger partial charge in [0.25, 0.3) is 0 Å². The highest BCUT2D eigenvalue weighted by Crippen LogP contribution is 2.25. The lowest BCUT2D eigenvalue weighted by Gasteiger charge is -2.22. The van der Waals surface area contributed by atoms with E-state index in [9.17, 15) is 4.79 Å². The van der Waals surface area contributed by atoms with Gasteiger partial charge in [0.2, 0.25) is 0 Å². The van der Waals surface area contributed by atoms with Gasteiger partial charge in [-0.25, -0.2) is 0 Å². The molecule has 0 spiro atoms. The second kappa shape index (κ2) is 9.77. The SMILES string of the molecule is CCOC(=O)C[C@H](CCC(C)(C)C)COC.S. The van der Waals surface area contributed by atoms with Gasteiger partial charge in [0.15, 0.2) is 0 Å². The van der Waals surface area contributed by atoms with Crippen LogP contribution in [0.4, 0.5) is 0 Å². The summed E-state index contributed by atoms with van der Waals surface area (Å²) in [4.78, 5) is 11.4. The molecule has 1 atom stereocenters. The normalized spacial score (nSPS) is 12.8. The Bertz CT molecular complexity index is 199. The first-order chi connectivity index (χ1) is 7.39. The van der Waals surface area contributed by atoms with E-state index in [0.29, 0.717) is 25.0 Å². The number of hydrogen-bond donors (Lipinski definition) is 0. The number of ether oxygens (including phenoxy) is 2. The molecular formula is C13H28O3S. The fourth-order valence-electron chi connectivity index (χ4n) is 1.57. The minimum Gasteiger partial charge on any atom is -0.466 e. The molecule has 0 rings (SSSR count). The van der Waals surface area contributed by atoms with Crippen LogP contribution >= 0.6 is 13.5 Å². The molecule has 3 nitrogen and oxygen atoms in total. The third kappa shape index (κ3) is 12.0. The number of hydrogen-bond acceptors (Lipinski definition) is 3. The summed E-state index contributed by atoms with van der Waals surface area (Å²) in [6, 6.07) is 0. The van der Waals surface area contributed by atoms with E-state index >= 15 is 0 Å². The van der Waals surface area contributed by atoms with Gasteiger partial charge >= 0.3 is 5.97 Å². The third-order valence-corrected chi connectivity index (χ3v) is 2.47. The third-order valence-electron chi connectivity index (χ3n) is 2.47. The first-order valence-electron chi connectivity index (χ1n) is 6.03. The van der Waals surface area contributed by atoms with Crippen LogP contribution in [-0.4, -0.2) is 26.3 Å². The van der Waals surface area contributed by atoms with E-state index in [2.05, 4.69) is 20.8 Å². The Morgan fingerprint density at radius 2 is 1.88 bits per heavy atom. The maximum atomic E-state index is 11.4. The molecule has 4 heteroatoms. The lowest BCUT2D eigenvalue weighted by Crippen LogP contribution is -2.18. The molecule has 0 aromatic carbocycles. The maximum absolute atomic E-state index is 11.4. The van der Waals surface area contributed by atoms with E-state index in [1.54, 1.807) is 7.11 Å². The zero-order chi connectivity index (χ0) is 12.6. The van der Waals surface area contributed by atoms with Crippen molar-refractivity contribution in [1.82, 2.24) is 0 Å². The van der Waals surface area contributed by atoms with Gasteiger partial charge in [-0.15, -0.1) is 0 Å². The number of carbonyl (C=O) groups is 1. The Kier molecular flexibility index (Phi) is 11.0. The Hall–Kier alpha value is -0.220. The molecule has 0 aliphatic heterocycles. The Morgan fingerprint density at radius 3 is 2.29 bits per heavy atom. The highest BCUT2D eigenvalue weighted by molar-refractivity contribution is 7.59. The Balaban J connectivity index is 0. The van der Waals surface area contributed by atoms with Gasteiger partial charge in [0.05, 0.1) is 13.0 Å². The molecule has 0 saturated heterocycles. The second-order valence-corrected chi connectivity index (χ2v) is 5.43. The predicted molar refractivity (Wildman–Crippen MR) is 75.7 cm³/mol. The first-order valence-corrected chi connectivity index (χ1v) is 6.03. The standard InChI is InChI=1S/C13H26O3.H2S/c1-6-16-12(14)9-11(10-15-5)7-8-13(2,3)4;/h11H,6-10H2,1-5H3;1H2/t11-;/m0./s1. The van der Waals surface area contributed by atoms with Gasteiger partial charge in [-0.05, 0) is 31.1 Å². The van der Waals surface area contributed by atoms with Crippen LogP contribution in [-0.2, 0) is 14.3 Å². The smallest absolute Gasteiger partial charge is 0.306 e. The number of esters is 1. The number of carbonyl (C=O) groups excluding carboxylic acids is 1. The van der Waals surface area contributed by atoms with E-state index in [-0.39, 0.29) is 25.4 Å². The molecule has 0 N–H and O–H groups in total. The van der Waals surface area contributed by atoms with Crippen LogP contribution in [0.15, 0.2) is 0 Å². The molecule has 17 heavy (non-hydrogen) atoms. The number of rotatable bonds is 7. The van der Waals surface area contributed by atoms with Gasteiger partial charge < -0.3 is 9.47 Å². The van der Waals surface area contributed by atoms with Crippen molar-refractivity contribution in [2.45, 2.75) is 47.0 Å². The molecule has 0 bridgehead atoms. The van der Waals surface area contributed by atoms with Crippen molar-refractivity contribution < 1.29 is 14.3 Å². The van der Waals surface area contributed by atoms with Gasteiger partial charge in [-0.1, -0.05) is 20.8 Å². The van der Waals surface area contributed by atoms with Crippen LogP contribution in [0.1, 0.15) is 47.0 Å². The zero-order valence-electron chi connectivity index (χ0n) is 11.8. The lowest BCUT2D eigenvalue weighted by atomic mass is 9.86. The number of methoxy groups -OCH3 is 1. The van der Waals surface area contributed by atoms with E-state index < -0.39 is 0 Å². The zero-order valence-corrected chi connectivity index (χ0v) is 12.8. The van der Waals surface area contributed by atoms with E-state index in [4.69, 9.17) is 9.47 Å². The van der Waals surface area contributed by atoms with Gasteiger partial charge in [0, 0.05) is 13.7 Å². The van der Waals surface area contributed by atoms with Gasteiger partial charge in [0.1, 0.15) is 0 Å². The lowest BCUT2D eigenvalue weighted by molar-refractivity contribution is -0.144. The van der Waals surface area contributed by atoms with Crippen LogP contribution in [0.25, 0.3) is 0 Å². The fourth-order valence-corrected chi connectivity index (χ4v) is 1.57. The van der Waals surface area contributed by atoms with Crippen LogP contribution in [0.3, 0.4) is 0 Å². The van der Waals surface area contributed by atoms with Crippen molar-refractivity contribution in [2.24, 2.45) is 11.3 Å². The van der Waals surface area contributed by atoms with Crippen molar-refractivity contribution in [3.63, 3.8) is 0 Å². The highest BCUT2D eigenvalue weighted by Gasteiger charge is 2.18. The average Bonchev–Trinajstić information content (AvgIpc) is 2.14. The average molecular weight is 264 g/mol. The van der Waals surface area contributed by atoms with E-state index in [1.807, 2.05) is 6.92 Å². The van der Waals surface area contributed by atoms with Crippen LogP contribution in [0, 0.1) is 11.3 Å². The minimum atomic E-state index is -0.113. The summed E-state index contributed by atoms with van der Waals surface area (Å²) in [6.45, 7) is 9.55. The monoisotopic (exact) mass is 264 g/mol. The molecule has 0 aromatic heterocycles. The van der Waals surface area contributed by atoms with Gasteiger partial charge in [-0.3, -0.25) is 4.79 Å². The quantitative estimate of drug-likeness (QED) is 0.663. The van der Waals surface area contributed by atoms with Crippen LogP contribution in [0.2, 0.25) is 0 Å². The summed E-state index contributed by atoms with van der Waals surface area (Å²) < 4.78 is 10.1. The fraction of sp³-hybridized carbons (Fsp3) is 0.923. The van der Waals surface area contributed by atoms with Crippen molar-refractivity contribution in [2.75, 3.05) is 20.3 Å². The van der Waals surface area contributed by atoms with Crippen LogP contribution < -0.4 is 0 Å². The summed E-state index contributed by atoms with van der Waals surface area (Å²) in [5.41, 5.74) is 0.306. The summed E-state index contributed by atoms with van der Waals surface area (Å²) in [7, 11) is 1.68. The molecule has 0 amide bonds. The molecular weight excluding hydrogens is 236 g/mol. The summed E-state index contributed by atoms with van der Waals surface area (Å²) in [6.07, 6.45) is 2.58. The second-order valence-electron chi connectivity index (χ2n) is 5.43. The molecule has 0 fully saturated rings. The molecule has 0 radical (unpaired) electrons. The van der Waals surface area contributed by atoms with Crippen molar-refractivity contribution in [3.05, 3.63) is 0 Å². The first kappa shape index (κ1) is 19.1. The Morgan fingerprint density at radius 1 is 1.29 bits per heavy atom. The van der Waals surface area contributed by atoms with Gasteiger partial charge in [-0.2, -0.15) is 13.5 Å². The molecule has 104 valence electrons. The Labute approximate surface area is 113 Å². The molecule has 0 saturated carbocycles. The van der Waals surface area contributed by atoms with E-state index in [0.717, 1.165) is 12.8 Å². The predicted octanol–water partition coefficient (Wildman–Crippen LogP) is 3.14. The van der Waals surface area contributed by atoms with E-state index in [1.165, 1.54) is 0 Å². The van der Waals surface area contributed by atoms with Crippen LogP contribution in [0.5, 0.6) is 0 Å². The molecule has 0 aromatic rings. The molecule has 0 unspecified atom stereocenters. The molecule has 0 heterocycles. The molecule has 0 aliphatic carbocycles. The van der Waals surface area contributed by atoms with Crippen molar-refractivity contribution >= 4 is 19.5 Å². The maximum Gasteiger partial charge on any atom is 0.306 e. The largest absolute Gasteiger partial charge is 0.466 e. The summed E-state index contributed by atoms with van der Waals surface area (Å²) in [5.74, 6) is 0.168. The summed E-state index contributed by atoms with van der Waals surface area (Å²) >= 11 is 0. The highest BCUT2D eigenvalue weighted by atomic mass is 32.1. The minimum absolute atomic E-state index is 0. The van der Waals surface area contributed by atoms with Crippen molar-refractivity contribution in [3.8, 4) is 0 Å². The summed E-state index contributed by atoms with van der Waals surface area (Å²) in [5, 5.41) is 0.